The summed E-state index contributed by atoms with van der Waals surface area (Å²) in [6.45, 7) is 0.143. The Morgan fingerprint density at radius 3 is 2.48 bits per heavy atom. The minimum atomic E-state index is -1.30. The quantitative estimate of drug-likeness (QED) is 0.560. The van der Waals surface area contributed by atoms with E-state index < -0.39 is 43.4 Å². The maximum atomic E-state index is 10.6. The molecule has 9 heteroatoms. The third kappa shape index (κ3) is 3.71. The van der Waals surface area contributed by atoms with Crippen LogP contribution in [-0.4, -0.2) is 89.9 Å². The summed E-state index contributed by atoms with van der Waals surface area (Å²) >= 11 is 0. The minimum absolute atomic E-state index is 0.0893. The SMILES string of the molecule is OCC1O[C@@H](O[C@H]2C3CC(O3)[C@@H]3OCC2O3)C(OCc2ccccc2)C(O)[C@@H]1O. The molecule has 5 fully saturated rings. The molecule has 5 aliphatic heterocycles. The van der Waals surface area contributed by atoms with Crippen molar-refractivity contribution < 1.29 is 43.7 Å². The van der Waals surface area contributed by atoms with Gasteiger partial charge >= 0.3 is 0 Å². The summed E-state index contributed by atoms with van der Waals surface area (Å²) in [7, 11) is 0. The zero-order valence-electron chi connectivity index (χ0n) is 15.8. The van der Waals surface area contributed by atoms with Crippen molar-refractivity contribution in [3.05, 3.63) is 35.9 Å². The van der Waals surface area contributed by atoms with E-state index in [0.717, 1.165) is 12.0 Å². The van der Waals surface area contributed by atoms with Gasteiger partial charge < -0.3 is 43.7 Å². The first-order valence-corrected chi connectivity index (χ1v) is 10.00. The number of aliphatic hydroxyl groups excluding tert-OH is 3. The Hall–Kier alpha value is -1.14. The Balaban J connectivity index is 1.32. The van der Waals surface area contributed by atoms with Crippen molar-refractivity contribution in [1.82, 2.24) is 0 Å². The lowest BCUT2D eigenvalue weighted by molar-refractivity contribution is -0.338. The molecule has 6 rings (SSSR count). The molecule has 0 aromatic heterocycles. The first kappa shape index (κ1) is 19.8. The summed E-state index contributed by atoms with van der Waals surface area (Å²) in [5, 5.41) is 30.5. The van der Waals surface area contributed by atoms with Crippen molar-refractivity contribution in [3.8, 4) is 0 Å². The molecule has 9 nitrogen and oxygen atoms in total. The van der Waals surface area contributed by atoms with E-state index in [9.17, 15) is 15.3 Å². The summed E-state index contributed by atoms with van der Waals surface area (Å²) in [6.07, 6.45) is -6.18. The lowest BCUT2D eigenvalue weighted by Gasteiger charge is -2.45. The monoisotopic (exact) mass is 410 g/mol. The molecule has 3 N–H and O–H groups in total. The van der Waals surface area contributed by atoms with Crippen molar-refractivity contribution in [1.29, 1.82) is 0 Å². The van der Waals surface area contributed by atoms with E-state index in [4.69, 9.17) is 28.4 Å². The van der Waals surface area contributed by atoms with Crippen LogP contribution in [0.2, 0.25) is 0 Å². The maximum absolute atomic E-state index is 10.6. The van der Waals surface area contributed by atoms with Crippen LogP contribution in [0.15, 0.2) is 30.3 Å². The Bertz CT molecular complexity index is 682. The van der Waals surface area contributed by atoms with Crippen LogP contribution in [0, 0.1) is 0 Å². The van der Waals surface area contributed by atoms with Gasteiger partial charge in [-0.2, -0.15) is 0 Å². The molecule has 29 heavy (non-hydrogen) atoms. The first-order valence-electron chi connectivity index (χ1n) is 10.00. The van der Waals surface area contributed by atoms with Gasteiger partial charge in [0.15, 0.2) is 12.6 Å². The second-order valence-corrected chi connectivity index (χ2v) is 7.89. The number of ether oxygens (including phenoxy) is 6. The van der Waals surface area contributed by atoms with E-state index in [1.165, 1.54) is 0 Å². The van der Waals surface area contributed by atoms with Crippen molar-refractivity contribution in [3.63, 3.8) is 0 Å². The van der Waals surface area contributed by atoms with Gasteiger partial charge in [0.25, 0.3) is 0 Å². The highest BCUT2D eigenvalue weighted by atomic mass is 16.8. The zero-order valence-corrected chi connectivity index (χ0v) is 15.8. The molecule has 1 aromatic carbocycles. The van der Waals surface area contributed by atoms with Crippen molar-refractivity contribution in [2.45, 2.75) is 74.4 Å². The normalized spacial score (nSPS) is 46.2. The predicted molar refractivity (Wildman–Crippen MR) is 95.5 cm³/mol. The van der Waals surface area contributed by atoms with Crippen molar-refractivity contribution >= 4 is 0 Å². The smallest absolute Gasteiger partial charge is 0.187 e. The van der Waals surface area contributed by atoms with E-state index in [0.29, 0.717) is 6.61 Å². The molecular formula is C20H26O9. The third-order valence-electron chi connectivity index (χ3n) is 5.99. The van der Waals surface area contributed by atoms with Crippen LogP contribution in [0.4, 0.5) is 0 Å². The highest BCUT2D eigenvalue weighted by molar-refractivity contribution is 5.13. The van der Waals surface area contributed by atoms with Gasteiger partial charge in [-0.3, -0.25) is 0 Å². The summed E-state index contributed by atoms with van der Waals surface area (Å²) in [5.41, 5.74) is 0.909. The first-order chi connectivity index (χ1) is 14.1. The molecular weight excluding hydrogens is 384 g/mol. The number of rotatable bonds is 6. The van der Waals surface area contributed by atoms with E-state index in [1.807, 2.05) is 30.3 Å². The molecule has 10 atom stereocenters. The second-order valence-electron chi connectivity index (χ2n) is 7.89. The molecule has 0 aliphatic carbocycles. The maximum Gasteiger partial charge on any atom is 0.187 e. The van der Waals surface area contributed by atoms with Gasteiger partial charge in [-0.1, -0.05) is 30.3 Å². The van der Waals surface area contributed by atoms with Crippen LogP contribution in [0.1, 0.15) is 12.0 Å². The molecule has 6 unspecified atom stereocenters. The molecule has 0 saturated carbocycles. The molecule has 5 heterocycles. The number of hydrogen-bond acceptors (Lipinski definition) is 9. The van der Waals surface area contributed by atoms with Gasteiger partial charge in [0, 0.05) is 6.42 Å². The van der Waals surface area contributed by atoms with E-state index in [1.54, 1.807) is 0 Å². The van der Waals surface area contributed by atoms with Gasteiger partial charge in [-0.25, -0.2) is 0 Å². The summed E-state index contributed by atoms with van der Waals surface area (Å²) in [6, 6.07) is 9.48. The summed E-state index contributed by atoms with van der Waals surface area (Å²) < 4.78 is 35.2. The highest BCUT2D eigenvalue weighted by Crippen LogP contribution is 2.41. The van der Waals surface area contributed by atoms with Gasteiger partial charge in [-0.15, -0.1) is 0 Å². The predicted octanol–water partition coefficient (Wildman–Crippen LogP) is -0.691. The molecule has 0 spiro atoms. The topological polar surface area (TPSA) is 116 Å². The van der Waals surface area contributed by atoms with E-state index >= 15 is 0 Å². The molecule has 0 radical (unpaired) electrons. The third-order valence-corrected chi connectivity index (χ3v) is 5.99. The van der Waals surface area contributed by atoms with Gasteiger partial charge in [0.05, 0.1) is 25.9 Å². The Morgan fingerprint density at radius 2 is 1.72 bits per heavy atom. The Kier molecular flexibility index (Phi) is 5.59. The van der Waals surface area contributed by atoms with Gasteiger partial charge in [0.2, 0.25) is 0 Å². The average Bonchev–Trinajstić information content (AvgIpc) is 3.06. The molecule has 5 aliphatic rings. The van der Waals surface area contributed by atoms with E-state index in [2.05, 4.69) is 0 Å². The lowest BCUT2D eigenvalue weighted by Crippen LogP contribution is -2.62. The Labute approximate surface area is 168 Å². The van der Waals surface area contributed by atoms with Gasteiger partial charge in [-0.05, 0) is 5.56 Å². The number of hydrogen-bond donors (Lipinski definition) is 3. The zero-order chi connectivity index (χ0) is 20.0. The van der Waals surface area contributed by atoms with Crippen LogP contribution in [0.5, 0.6) is 0 Å². The molecule has 160 valence electrons. The molecule has 5 saturated heterocycles. The van der Waals surface area contributed by atoms with Crippen molar-refractivity contribution in [2.24, 2.45) is 0 Å². The Morgan fingerprint density at radius 1 is 0.931 bits per heavy atom. The fraction of sp³-hybridized carbons (Fsp3) is 0.700. The number of benzene rings is 1. The second kappa shape index (κ2) is 8.18. The molecule has 1 aromatic rings. The van der Waals surface area contributed by atoms with Crippen LogP contribution < -0.4 is 0 Å². The lowest BCUT2D eigenvalue weighted by atomic mass is 9.96. The molecule has 4 bridgehead atoms. The van der Waals surface area contributed by atoms with Gasteiger partial charge in [0.1, 0.15) is 42.7 Å². The largest absolute Gasteiger partial charge is 0.394 e. The van der Waals surface area contributed by atoms with Crippen LogP contribution in [-0.2, 0) is 35.0 Å². The van der Waals surface area contributed by atoms with Crippen molar-refractivity contribution in [2.75, 3.05) is 13.2 Å². The summed E-state index contributed by atoms with van der Waals surface area (Å²) in [5.74, 6) is 0. The average molecular weight is 410 g/mol. The highest BCUT2D eigenvalue weighted by Gasteiger charge is 2.56. The van der Waals surface area contributed by atoms with Crippen LogP contribution in [0.25, 0.3) is 0 Å². The number of aliphatic hydroxyl groups is 3. The standard InChI is InChI=1S/C20H26O9/c21-7-13-15(22)16(23)18(24-8-10-4-2-1-3-5-10)20(27-13)29-17-11-6-12(26-11)19-25-9-14(17)28-19/h1-5,11-23H,6-9H2/t11?,12?,13?,14?,15-,16?,17+,18?,19-,20+/m1/s1. The molecule has 0 amide bonds. The van der Waals surface area contributed by atoms with Crippen LogP contribution in [0.3, 0.4) is 0 Å². The minimum Gasteiger partial charge on any atom is -0.394 e. The van der Waals surface area contributed by atoms with E-state index in [-0.39, 0.29) is 31.2 Å². The fourth-order valence-electron chi connectivity index (χ4n) is 4.32. The summed E-state index contributed by atoms with van der Waals surface area (Å²) in [4.78, 5) is 0. The fourth-order valence-corrected chi connectivity index (χ4v) is 4.32. The van der Waals surface area contributed by atoms with Crippen LogP contribution >= 0.6 is 0 Å².